The van der Waals surface area contributed by atoms with Crippen LogP contribution >= 0.6 is 0 Å². The molecule has 0 amide bonds. The van der Waals surface area contributed by atoms with E-state index in [9.17, 15) is 21.1 Å². The Balaban J connectivity index is 2.29. The van der Waals surface area contributed by atoms with Gasteiger partial charge in [0.2, 0.25) is 5.03 Å². The first-order chi connectivity index (χ1) is 6.31. The zero-order valence-corrected chi connectivity index (χ0v) is 7.51. The van der Waals surface area contributed by atoms with Crippen LogP contribution in [0.3, 0.4) is 0 Å². The third-order valence-corrected chi connectivity index (χ3v) is 2.66. The second-order valence-corrected chi connectivity index (χ2v) is 4.35. The summed E-state index contributed by atoms with van der Waals surface area (Å²) in [6.45, 7) is 0. The summed E-state index contributed by atoms with van der Waals surface area (Å²) >= 11 is 0. The minimum atomic E-state index is -4.90. The van der Waals surface area contributed by atoms with E-state index in [1.54, 1.807) is 0 Å². The summed E-state index contributed by atoms with van der Waals surface area (Å²) in [5.41, 5.74) is 0. The van der Waals surface area contributed by atoms with Crippen LogP contribution in [0.1, 0.15) is 12.5 Å². The van der Waals surface area contributed by atoms with E-state index < -0.39 is 27.2 Å². The van der Waals surface area contributed by atoms with Gasteiger partial charge < -0.3 is 0 Å². The van der Waals surface area contributed by atoms with Gasteiger partial charge in [0.05, 0.1) is 0 Å². The van der Waals surface area contributed by atoms with Crippen LogP contribution in [0.25, 0.3) is 0 Å². The Morgan fingerprint density at radius 1 is 1.57 bits per heavy atom. The maximum Gasteiger partial charge on any atom is 0.351 e. The number of halogens is 3. The molecule has 1 unspecified atom stereocenters. The summed E-state index contributed by atoms with van der Waals surface area (Å²) in [5, 5.41) is 2.38. The van der Waals surface area contributed by atoms with E-state index in [2.05, 4.69) is 5.10 Å². The van der Waals surface area contributed by atoms with E-state index in [1.807, 2.05) is 0 Å². The van der Waals surface area contributed by atoms with Crippen molar-refractivity contribution >= 4 is 10.2 Å². The summed E-state index contributed by atoms with van der Waals surface area (Å²) in [4.78, 5) is 0. The molecular weight excluding hydrogens is 221 g/mol. The van der Waals surface area contributed by atoms with Crippen molar-refractivity contribution in [2.24, 2.45) is 0 Å². The highest BCUT2D eigenvalue weighted by atomic mass is 32.3. The van der Waals surface area contributed by atoms with Crippen LogP contribution in [0.2, 0.25) is 0 Å². The van der Waals surface area contributed by atoms with Gasteiger partial charge in [-0.25, -0.2) is 8.78 Å². The molecule has 0 saturated heterocycles. The van der Waals surface area contributed by atoms with Crippen molar-refractivity contribution in [3.63, 3.8) is 0 Å². The first-order valence-electron chi connectivity index (χ1n) is 3.68. The molecule has 1 atom stereocenters. The van der Waals surface area contributed by atoms with Crippen LogP contribution in [-0.2, 0) is 10.2 Å². The molecule has 1 saturated carbocycles. The first-order valence-corrected chi connectivity index (χ1v) is 5.07. The molecule has 14 heavy (non-hydrogen) atoms. The molecule has 4 nitrogen and oxygen atoms in total. The molecule has 1 aromatic heterocycles. The van der Waals surface area contributed by atoms with Crippen LogP contribution in [-0.4, -0.2) is 24.1 Å². The van der Waals surface area contributed by atoms with Crippen LogP contribution in [0, 0.1) is 0 Å². The third kappa shape index (κ3) is 1.49. The second kappa shape index (κ2) is 2.50. The van der Waals surface area contributed by atoms with Gasteiger partial charge in [-0.1, -0.05) is 3.89 Å². The Hall–Kier alpha value is -1.05. The zero-order chi connectivity index (χ0) is 10.6. The molecule has 0 aromatic carbocycles. The van der Waals surface area contributed by atoms with Crippen molar-refractivity contribution < 1.29 is 21.1 Å². The largest absolute Gasteiger partial charge is 0.351 e. The van der Waals surface area contributed by atoms with Gasteiger partial charge in [-0.15, -0.1) is 0 Å². The summed E-state index contributed by atoms with van der Waals surface area (Å²) in [7, 11) is -4.90. The van der Waals surface area contributed by atoms with Crippen molar-refractivity contribution in [2.75, 3.05) is 0 Å². The van der Waals surface area contributed by atoms with Gasteiger partial charge in [-0.3, -0.25) is 4.68 Å². The first kappa shape index (κ1) is 9.50. The predicted octanol–water partition coefficient (Wildman–Crippen LogP) is 1.12. The minimum Gasteiger partial charge on any atom is -0.262 e. The predicted molar refractivity (Wildman–Crippen MR) is 39.1 cm³/mol. The number of rotatable bonds is 2. The number of alkyl halides is 2. The SMILES string of the molecule is O=S(=O)(F)c1ccn(C2CC2(F)F)n1. The molecule has 1 aliphatic rings. The molecule has 1 aromatic rings. The molecule has 2 rings (SSSR count). The van der Waals surface area contributed by atoms with Crippen LogP contribution in [0.5, 0.6) is 0 Å². The lowest BCUT2D eigenvalue weighted by Crippen LogP contribution is -2.04. The van der Waals surface area contributed by atoms with Crippen molar-refractivity contribution in [1.29, 1.82) is 0 Å². The lowest BCUT2D eigenvalue weighted by atomic mass is 10.6. The quantitative estimate of drug-likeness (QED) is 0.710. The van der Waals surface area contributed by atoms with Gasteiger partial charge >= 0.3 is 10.2 Å². The highest BCUT2D eigenvalue weighted by Crippen LogP contribution is 2.52. The smallest absolute Gasteiger partial charge is 0.262 e. The van der Waals surface area contributed by atoms with E-state index in [0.717, 1.165) is 16.9 Å². The zero-order valence-electron chi connectivity index (χ0n) is 6.69. The van der Waals surface area contributed by atoms with E-state index in [1.165, 1.54) is 0 Å². The third-order valence-electron chi connectivity index (χ3n) is 1.95. The monoisotopic (exact) mass is 226 g/mol. The Morgan fingerprint density at radius 3 is 2.50 bits per heavy atom. The molecule has 0 radical (unpaired) electrons. The van der Waals surface area contributed by atoms with Gasteiger partial charge in [0.15, 0.2) is 0 Å². The van der Waals surface area contributed by atoms with Crippen molar-refractivity contribution in [1.82, 2.24) is 9.78 Å². The molecule has 0 aliphatic heterocycles. The normalized spacial score (nSPS) is 24.9. The topological polar surface area (TPSA) is 52.0 Å². The maximum absolute atomic E-state index is 12.5. The van der Waals surface area contributed by atoms with Gasteiger partial charge in [-0.2, -0.15) is 13.5 Å². The standard InChI is InChI=1S/C6H5F3N2O2S/c7-6(8)3-4(6)11-2-1-5(10-11)14(9,12)13/h1-2,4H,3H2. The lowest BCUT2D eigenvalue weighted by Gasteiger charge is -1.96. The molecule has 0 N–H and O–H groups in total. The molecular formula is C6H5F3N2O2S. The Morgan fingerprint density at radius 2 is 2.14 bits per heavy atom. The fraction of sp³-hybridized carbons (Fsp3) is 0.500. The van der Waals surface area contributed by atoms with E-state index in [-0.39, 0.29) is 6.42 Å². The van der Waals surface area contributed by atoms with Crippen LogP contribution in [0.15, 0.2) is 17.3 Å². The summed E-state index contributed by atoms with van der Waals surface area (Å²) in [6.07, 6.45) is 0.637. The maximum atomic E-state index is 12.5. The number of nitrogens with zero attached hydrogens (tertiary/aromatic N) is 2. The minimum absolute atomic E-state index is 0.388. The van der Waals surface area contributed by atoms with Crippen LogP contribution in [0.4, 0.5) is 12.7 Å². The number of aromatic nitrogens is 2. The van der Waals surface area contributed by atoms with Gasteiger partial charge in [0, 0.05) is 12.6 Å². The van der Waals surface area contributed by atoms with E-state index in [4.69, 9.17) is 0 Å². The molecule has 1 fully saturated rings. The Labute approximate surface area is 77.5 Å². The molecule has 0 spiro atoms. The molecule has 1 aliphatic carbocycles. The van der Waals surface area contributed by atoms with Gasteiger partial charge in [-0.05, 0) is 6.07 Å². The van der Waals surface area contributed by atoms with Crippen molar-refractivity contribution in [3.05, 3.63) is 12.3 Å². The fourth-order valence-corrected chi connectivity index (χ4v) is 1.53. The molecule has 8 heteroatoms. The molecule has 78 valence electrons. The second-order valence-electron chi connectivity index (χ2n) is 3.05. The van der Waals surface area contributed by atoms with E-state index in [0.29, 0.717) is 0 Å². The summed E-state index contributed by atoms with van der Waals surface area (Å²) in [6, 6.07) is -0.290. The highest BCUT2D eigenvalue weighted by molar-refractivity contribution is 7.86. The summed E-state index contributed by atoms with van der Waals surface area (Å²) < 4.78 is 58.7. The molecule has 1 heterocycles. The van der Waals surface area contributed by atoms with E-state index >= 15 is 0 Å². The molecule has 0 bridgehead atoms. The van der Waals surface area contributed by atoms with Gasteiger partial charge in [0.25, 0.3) is 5.92 Å². The number of hydrogen-bond donors (Lipinski definition) is 0. The highest BCUT2D eigenvalue weighted by Gasteiger charge is 2.59. The van der Waals surface area contributed by atoms with Crippen molar-refractivity contribution in [3.8, 4) is 0 Å². The van der Waals surface area contributed by atoms with Crippen molar-refractivity contribution in [2.45, 2.75) is 23.4 Å². The van der Waals surface area contributed by atoms with Gasteiger partial charge in [0.1, 0.15) is 6.04 Å². The lowest BCUT2D eigenvalue weighted by molar-refractivity contribution is 0.0980. The summed E-state index contributed by atoms with van der Waals surface area (Å²) in [5.74, 6) is -2.86. The Kier molecular flexibility index (Phi) is 1.70. The number of hydrogen-bond acceptors (Lipinski definition) is 3. The van der Waals surface area contributed by atoms with Crippen LogP contribution < -0.4 is 0 Å². The average Bonchev–Trinajstić information content (AvgIpc) is 2.48. The fourth-order valence-electron chi connectivity index (χ4n) is 1.11. The average molecular weight is 226 g/mol. The Bertz CT molecular complexity index is 467.